The summed E-state index contributed by atoms with van der Waals surface area (Å²) in [6.07, 6.45) is 2.90. The number of aryl methyl sites for hydroxylation is 1. The molecule has 1 heteroatoms. The van der Waals surface area contributed by atoms with Crippen LogP contribution in [-0.4, -0.2) is 0 Å². The zero-order valence-corrected chi connectivity index (χ0v) is 13.8. The molecule has 0 aromatic heterocycles. The van der Waals surface area contributed by atoms with E-state index in [1.54, 1.807) is 0 Å². The number of hydrogen-bond acceptors (Lipinski definition) is 1. The lowest BCUT2D eigenvalue weighted by atomic mass is 9.83. The van der Waals surface area contributed by atoms with E-state index in [0.29, 0.717) is 11.8 Å². The summed E-state index contributed by atoms with van der Waals surface area (Å²) >= 11 is 0. The van der Waals surface area contributed by atoms with Gasteiger partial charge in [-0.15, -0.1) is 0 Å². The second-order valence-electron chi connectivity index (χ2n) is 6.76. The van der Waals surface area contributed by atoms with Crippen molar-refractivity contribution in [3.05, 3.63) is 65.7 Å². The summed E-state index contributed by atoms with van der Waals surface area (Å²) < 4.78 is 6.44. The van der Waals surface area contributed by atoms with Gasteiger partial charge in [-0.1, -0.05) is 56.3 Å². The maximum Gasteiger partial charge on any atom is 0.127 e. The van der Waals surface area contributed by atoms with Crippen LogP contribution in [0.15, 0.2) is 54.6 Å². The van der Waals surface area contributed by atoms with Crippen LogP contribution in [0.4, 0.5) is 0 Å². The number of hydrogen-bond donors (Lipinski definition) is 0. The zero-order valence-electron chi connectivity index (χ0n) is 13.8. The van der Waals surface area contributed by atoms with Crippen LogP contribution in [0, 0.1) is 24.7 Å². The third-order valence-electron chi connectivity index (χ3n) is 5.17. The van der Waals surface area contributed by atoms with Gasteiger partial charge in [0.1, 0.15) is 11.9 Å². The molecule has 3 rings (SSSR count). The molecular formula is C21H26O. The van der Waals surface area contributed by atoms with Gasteiger partial charge in [-0.05, 0) is 54.9 Å². The fraction of sp³-hybridized carbons (Fsp3) is 0.429. The molecular weight excluding hydrogens is 268 g/mol. The third-order valence-corrected chi connectivity index (χ3v) is 5.17. The van der Waals surface area contributed by atoms with Crippen molar-refractivity contribution in [1.29, 1.82) is 0 Å². The average molecular weight is 294 g/mol. The molecule has 3 atom stereocenters. The van der Waals surface area contributed by atoms with E-state index >= 15 is 0 Å². The van der Waals surface area contributed by atoms with Gasteiger partial charge in [0.05, 0.1) is 0 Å². The minimum absolute atomic E-state index is 0.124. The Morgan fingerprint density at radius 3 is 2.18 bits per heavy atom. The molecule has 0 saturated heterocycles. The van der Waals surface area contributed by atoms with Gasteiger partial charge in [0.25, 0.3) is 0 Å². The molecule has 2 aromatic rings. The SMILES string of the molecule is Cc1ccccc1[C@H](Oc1ccccc1)[C@@H](C)[C@@H](C)C1CC1. The van der Waals surface area contributed by atoms with E-state index in [-0.39, 0.29) is 6.10 Å². The highest BCUT2D eigenvalue weighted by molar-refractivity contribution is 5.30. The molecule has 22 heavy (non-hydrogen) atoms. The van der Waals surface area contributed by atoms with Crippen LogP contribution < -0.4 is 4.74 Å². The Balaban J connectivity index is 1.89. The molecule has 1 aliphatic rings. The highest BCUT2D eigenvalue weighted by atomic mass is 16.5. The molecule has 1 fully saturated rings. The third kappa shape index (κ3) is 3.35. The van der Waals surface area contributed by atoms with E-state index in [9.17, 15) is 0 Å². The Morgan fingerprint density at radius 1 is 0.909 bits per heavy atom. The van der Waals surface area contributed by atoms with Crippen LogP contribution >= 0.6 is 0 Å². The van der Waals surface area contributed by atoms with Gasteiger partial charge in [-0.3, -0.25) is 0 Å². The molecule has 0 amide bonds. The number of rotatable bonds is 6. The van der Waals surface area contributed by atoms with Crippen molar-refractivity contribution in [1.82, 2.24) is 0 Å². The van der Waals surface area contributed by atoms with E-state index in [1.807, 2.05) is 18.2 Å². The van der Waals surface area contributed by atoms with Crippen molar-refractivity contribution >= 4 is 0 Å². The minimum Gasteiger partial charge on any atom is -0.485 e. The maximum absolute atomic E-state index is 6.44. The predicted octanol–water partition coefficient (Wildman–Crippen LogP) is 5.80. The van der Waals surface area contributed by atoms with Crippen molar-refractivity contribution in [2.24, 2.45) is 17.8 Å². The van der Waals surface area contributed by atoms with Crippen LogP contribution in [-0.2, 0) is 0 Å². The van der Waals surface area contributed by atoms with Gasteiger partial charge in [0, 0.05) is 5.92 Å². The van der Waals surface area contributed by atoms with Crippen LogP contribution in [0.3, 0.4) is 0 Å². The lowest BCUT2D eigenvalue weighted by molar-refractivity contribution is 0.103. The van der Waals surface area contributed by atoms with Crippen molar-refractivity contribution in [3.63, 3.8) is 0 Å². The van der Waals surface area contributed by atoms with E-state index in [2.05, 4.69) is 57.2 Å². The number of para-hydroxylation sites is 1. The molecule has 1 aliphatic carbocycles. The molecule has 0 spiro atoms. The Hall–Kier alpha value is -1.76. The largest absolute Gasteiger partial charge is 0.485 e. The second kappa shape index (κ2) is 6.56. The topological polar surface area (TPSA) is 9.23 Å². The first-order valence-corrected chi connectivity index (χ1v) is 8.44. The molecule has 2 aromatic carbocycles. The van der Waals surface area contributed by atoms with Crippen LogP contribution in [0.1, 0.15) is 43.9 Å². The smallest absolute Gasteiger partial charge is 0.127 e. The predicted molar refractivity (Wildman–Crippen MR) is 92.0 cm³/mol. The Morgan fingerprint density at radius 2 is 1.55 bits per heavy atom. The van der Waals surface area contributed by atoms with Crippen molar-refractivity contribution in [2.75, 3.05) is 0 Å². The normalized spacial score (nSPS) is 18.5. The van der Waals surface area contributed by atoms with Crippen molar-refractivity contribution in [2.45, 2.75) is 39.7 Å². The second-order valence-corrected chi connectivity index (χ2v) is 6.76. The molecule has 0 heterocycles. The first kappa shape index (κ1) is 15.1. The average Bonchev–Trinajstić information content (AvgIpc) is 3.38. The molecule has 1 saturated carbocycles. The summed E-state index contributed by atoms with van der Waals surface area (Å²) in [6, 6.07) is 18.9. The van der Waals surface area contributed by atoms with Gasteiger partial charge < -0.3 is 4.74 Å². The minimum atomic E-state index is 0.124. The Kier molecular flexibility index (Phi) is 4.52. The quantitative estimate of drug-likeness (QED) is 0.654. The molecule has 0 aliphatic heterocycles. The van der Waals surface area contributed by atoms with E-state index < -0.39 is 0 Å². The fourth-order valence-corrected chi connectivity index (χ4v) is 3.33. The summed E-state index contributed by atoms with van der Waals surface area (Å²) in [5.41, 5.74) is 2.64. The fourth-order valence-electron chi connectivity index (χ4n) is 3.33. The molecule has 0 unspecified atom stereocenters. The van der Waals surface area contributed by atoms with Crippen molar-refractivity contribution in [3.8, 4) is 5.75 Å². The molecule has 1 nitrogen and oxygen atoms in total. The van der Waals surface area contributed by atoms with E-state index in [4.69, 9.17) is 4.74 Å². The Bertz CT molecular complexity index is 600. The molecule has 0 radical (unpaired) electrons. The molecule has 116 valence electrons. The van der Waals surface area contributed by atoms with Gasteiger partial charge in [-0.2, -0.15) is 0 Å². The highest BCUT2D eigenvalue weighted by Gasteiger charge is 2.36. The van der Waals surface area contributed by atoms with Gasteiger partial charge in [-0.25, -0.2) is 0 Å². The lowest BCUT2D eigenvalue weighted by Gasteiger charge is -2.31. The summed E-state index contributed by atoms with van der Waals surface area (Å²) in [6.45, 7) is 6.93. The summed E-state index contributed by atoms with van der Waals surface area (Å²) in [7, 11) is 0. The van der Waals surface area contributed by atoms with Crippen LogP contribution in [0.2, 0.25) is 0 Å². The number of ether oxygens (including phenoxy) is 1. The summed E-state index contributed by atoms with van der Waals surface area (Å²) in [5.74, 6) is 3.06. The zero-order chi connectivity index (χ0) is 15.5. The molecule has 0 N–H and O–H groups in total. The Labute approximate surface area is 134 Å². The van der Waals surface area contributed by atoms with Crippen LogP contribution in [0.5, 0.6) is 5.75 Å². The van der Waals surface area contributed by atoms with Gasteiger partial charge >= 0.3 is 0 Å². The van der Waals surface area contributed by atoms with E-state index in [1.165, 1.54) is 24.0 Å². The van der Waals surface area contributed by atoms with E-state index in [0.717, 1.165) is 11.7 Å². The van der Waals surface area contributed by atoms with Gasteiger partial charge in [0.15, 0.2) is 0 Å². The maximum atomic E-state index is 6.44. The first-order valence-electron chi connectivity index (χ1n) is 8.44. The van der Waals surface area contributed by atoms with Crippen molar-refractivity contribution < 1.29 is 4.74 Å². The monoisotopic (exact) mass is 294 g/mol. The number of benzene rings is 2. The molecule has 0 bridgehead atoms. The lowest BCUT2D eigenvalue weighted by Crippen LogP contribution is -2.24. The summed E-state index contributed by atoms with van der Waals surface area (Å²) in [4.78, 5) is 0. The standard InChI is InChI=1S/C21H26O/c1-15-9-7-8-12-20(15)21(17(3)16(2)18-13-14-18)22-19-10-5-4-6-11-19/h4-12,16-18,21H,13-14H2,1-3H3/t16-,17+,21-/m1/s1. The van der Waals surface area contributed by atoms with Crippen LogP contribution in [0.25, 0.3) is 0 Å². The van der Waals surface area contributed by atoms with Gasteiger partial charge in [0.2, 0.25) is 0 Å². The summed E-state index contributed by atoms with van der Waals surface area (Å²) in [5, 5.41) is 0. The highest BCUT2D eigenvalue weighted by Crippen LogP contribution is 2.45. The first-order chi connectivity index (χ1) is 10.7.